The van der Waals surface area contributed by atoms with Gasteiger partial charge in [-0.3, -0.25) is 4.79 Å². The van der Waals surface area contributed by atoms with Crippen LogP contribution < -0.4 is 15.8 Å². The second kappa shape index (κ2) is 9.34. The van der Waals surface area contributed by atoms with Gasteiger partial charge in [0.1, 0.15) is 24.0 Å². The number of carbonyl (C=O) groups excluding carboxylic acids is 1. The maximum Gasteiger partial charge on any atom is 0.241 e. The Morgan fingerprint density at radius 2 is 1.80 bits per heavy atom. The lowest BCUT2D eigenvalue weighted by Gasteiger charge is -2.16. The summed E-state index contributed by atoms with van der Waals surface area (Å²) in [4.78, 5) is 11.9. The van der Waals surface area contributed by atoms with Crippen LogP contribution >= 0.6 is 12.4 Å². The molecule has 0 heterocycles. The molecule has 25 heavy (non-hydrogen) atoms. The van der Waals surface area contributed by atoms with Crippen molar-refractivity contribution in [3.05, 3.63) is 59.7 Å². The third-order valence-electron chi connectivity index (χ3n) is 3.54. The third kappa shape index (κ3) is 5.99. The van der Waals surface area contributed by atoms with Crippen molar-refractivity contribution in [2.24, 2.45) is 11.7 Å². The second-order valence-corrected chi connectivity index (χ2v) is 5.82. The van der Waals surface area contributed by atoms with Gasteiger partial charge in [0.05, 0.1) is 11.7 Å². The summed E-state index contributed by atoms with van der Waals surface area (Å²) < 4.78 is 32.4. The number of ether oxygens (including phenoxy) is 1. The number of carbonyl (C=O) groups is 1. The number of benzene rings is 2. The highest BCUT2D eigenvalue weighted by Gasteiger charge is 2.18. The van der Waals surface area contributed by atoms with Crippen LogP contribution in [0, 0.1) is 17.6 Å². The van der Waals surface area contributed by atoms with E-state index in [2.05, 4.69) is 5.32 Å². The Hall–Kier alpha value is -2.18. The molecule has 7 heteroatoms. The molecule has 0 aliphatic heterocycles. The van der Waals surface area contributed by atoms with E-state index in [4.69, 9.17) is 10.5 Å². The largest absolute Gasteiger partial charge is 0.489 e. The average Bonchev–Trinajstić information content (AvgIpc) is 2.55. The molecule has 2 aromatic rings. The van der Waals surface area contributed by atoms with Gasteiger partial charge in [-0.2, -0.15) is 0 Å². The van der Waals surface area contributed by atoms with E-state index in [1.807, 2.05) is 13.8 Å². The number of halogens is 3. The first kappa shape index (κ1) is 20.9. The Balaban J connectivity index is 0.00000312. The first-order chi connectivity index (χ1) is 11.4. The lowest BCUT2D eigenvalue weighted by molar-refractivity contribution is -0.118. The van der Waals surface area contributed by atoms with Gasteiger partial charge in [0.2, 0.25) is 5.91 Å². The van der Waals surface area contributed by atoms with Crippen molar-refractivity contribution in [2.75, 3.05) is 5.32 Å². The molecule has 0 spiro atoms. The van der Waals surface area contributed by atoms with Crippen LogP contribution in [0.5, 0.6) is 5.75 Å². The topological polar surface area (TPSA) is 64.4 Å². The molecule has 1 amide bonds. The van der Waals surface area contributed by atoms with E-state index in [1.165, 1.54) is 24.3 Å². The molecule has 136 valence electrons. The Morgan fingerprint density at radius 3 is 2.36 bits per heavy atom. The number of nitrogens with one attached hydrogen (secondary N) is 1. The van der Waals surface area contributed by atoms with Crippen LogP contribution in [0.1, 0.15) is 19.4 Å². The number of hydrogen-bond acceptors (Lipinski definition) is 3. The molecule has 0 aromatic heterocycles. The van der Waals surface area contributed by atoms with Gasteiger partial charge < -0.3 is 15.8 Å². The number of anilines is 1. The second-order valence-electron chi connectivity index (χ2n) is 5.82. The quantitative estimate of drug-likeness (QED) is 0.810. The van der Waals surface area contributed by atoms with Crippen molar-refractivity contribution < 1.29 is 18.3 Å². The van der Waals surface area contributed by atoms with E-state index >= 15 is 0 Å². The highest BCUT2D eigenvalue weighted by Crippen LogP contribution is 2.22. The zero-order chi connectivity index (χ0) is 17.7. The number of rotatable bonds is 6. The van der Waals surface area contributed by atoms with Gasteiger partial charge in [-0.25, -0.2) is 8.78 Å². The van der Waals surface area contributed by atoms with E-state index < -0.39 is 17.8 Å². The molecule has 1 atom stereocenters. The van der Waals surface area contributed by atoms with E-state index in [-0.39, 0.29) is 36.4 Å². The average molecular weight is 371 g/mol. The molecule has 1 unspecified atom stereocenters. The van der Waals surface area contributed by atoms with Crippen LogP contribution in [-0.2, 0) is 11.4 Å². The molecule has 2 rings (SSSR count). The number of nitrogens with two attached hydrogens (primary N) is 1. The van der Waals surface area contributed by atoms with Crippen molar-refractivity contribution in [1.82, 2.24) is 0 Å². The third-order valence-corrected chi connectivity index (χ3v) is 3.54. The molecule has 4 nitrogen and oxygen atoms in total. The van der Waals surface area contributed by atoms with Gasteiger partial charge in [0, 0.05) is 6.07 Å². The smallest absolute Gasteiger partial charge is 0.241 e. The molecular weight excluding hydrogens is 350 g/mol. The summed E-state index contributed by atoms with van der Waals surface area (Å²) in [6, 6.07) is 9.27. The maximum absolute atomic E-state index is 14.1. The number of hydrogen-bond donors (Lipinski definition) is 2. The van der Waals surface area contributed by atoms with Crippen LogP contribution in [-0.4, -0.2) is 11.9 Å². The molecule has 0 aliphatic carbocycles. The fourth-order valence-electron chi connectivity index (χ4n) is 1.95. The summed E-state index contributed by atoms with van der Waals surface area (Å²) in [5.74, 6) is -1.13. The molecular formula is C18H21ClF2N2O2. The number of amides is 1. The summed E-state index contributed by atoms with van der Waals surface area (Å²) in [5.41, 5.74) is 6.53. The van der Waals surface area contributed by atoms with Gasteiger partial charge in [0.15, 0.2) is 0 Å². The highest BCUT2D eigenvalue weighted by molar-refractivity contribution is 5.95. The summed E-state index contributed by atoms with van der Waals surface area (Å²) in [5, 5.41) is 2.46. The van der Waals surface area contributed by atoms with Gasteiger partial charge in [-0.05, 0) is 35.7 Å². The molecule has 2 aromatic carbocycles. The SMILES string of the molecule is CC(C)C(N)C(=O)Nc1ccc(OCc2ccc(F)cc2)cc1F.Cl. The zero-order valence-electron chi connectivity index (χ0n) is 14.0. The Kier molecular flexibility index (Phi) is 7.80. The van der Waals surface area contributed by atoms with Crippen LogP contribution in [0.25, 0.3) is 0 Å². The minimum absolute atomic E-state index is 0. The first-order valence-electron chi connectivity index (χ1n) is 7.60. The van der Waals surface area contributed by atoms with E-state index in [0.717, 1.165) is 5.56 Å². The highest BCUT2D eigenvalue weighted by atomic mass is 35.5. The van der Waals surface area contributed by atoms with Crippen LogP contribution in [0.4, 0.5) is 14.5 Å². The Labute approximate surface area is 151 Å². The molecule has 0 radical (unpaired) electrons. The minimum Gasteiger partial charge on any atom is -0.489 e. The molecule has 0 fully saturated rings. The summed E-state index contributed by atoms with van der Waals surface area (Å²) in [7, 11) is 0. The van der Waals surface area contributed by atoms with Gasteiger partial charge in [-0.1, -0.05) is 26.0 Å². The Bertz CT molecular complexity index is 709. The lowest BCUT2D eigenvalue weighted by atomic mass is 10.0. The standard InChI is InChI=1S/C18H20F2N2O2.ClH/c1-11(2)17(21)18(23)22-16-8-7-14(9-15(16)20)24-10-12-3-5-13(19)6-4-12;/h3-9,11,17H,10,21H2,1-2H3,(H,22,23);1H. The molecule has 0 aliphatic rings. The van der Waals surface area contributed by atoms with Crippen LogP contribution in [0.3, 0.4) is 0 Å². The van der Waals surface area contributed by atoms with Gasteiger partial charge in [0.25, 0.3) is 0 Å². The zero-order valence-corrected chi connectivity index (χ0v) is 14.8. The lowest BCUT2D eigenvalue weighted by Crippen LogP contribution is -2.39. The van der Waals surface area contributed by atoms with Crippen molar-refractivity contribution in [3.63, 3.8) is 0 Å². The van der Waals surface area contributed by atoms with Crippen molar-refractivity contribution in [1.29, 1.82) is 0 Å². The Morgan fingerprint density at radius 1 is 1.16 bits per heavy atom. The summed E-state index contributed by atoms with van der Waals surface area (Å²) in [6.07, 6.45) is 0. The van der Waals surface area contributed by atoms with E-state index in [9.17, 15) is 13.6 Å². The summed E-state index contributed by atoms with van der Waals surface area (Å²) in [6.45, 7) is 3.81. The first-order valence-corrected chi connectivity index (χ1v) is 7.60. The van der Waals surface area contributed by atoms with E-state index in [0.29, 0.717) is 5.75 Å². The van der Waals surface area contributed by atoms with Crippen molar-refractivity contribution in [2.45, 2.75) is 26.5 Å². The normalized spacial score (nSPS) is 11.6. The predicted molar refractivity (Wildman–Crippen MR) is 95.8 cm³/mol. The van der Waals surface area contributed by atoms with Crippen LogP contribution in [0.15, 0.2) is 42.5 Å². The fraction of sp³-hybridized carbons (Fsp3) is 0.278. The minimum atomic E-state index is -0.709. The molecule has 0 saturated carbocycles. The van der Waals surface area contributed by atoms with E-state index in [1.54, 1.807) is 18.2 Å². The monoisotopic (exact) mass is 370 g/mol. The fourth-order valence-corrected chi connectivity index (χ4v) is 1.95. The summed E-state index contributed by atoms with van der Waals surface area (Å²) >= 11 is 0. The van der Waals surface area contributed by atoms with Gasteiger partial charge in [-0.15, -0.1) is 12.4 Å². The molecule has 3 N–H and O–H groups in total. The predicted octanol–water partition coefficient (Wildman–Crippen LogP) is 3.89. The van der Waals surface area contributed by atoms with Crippen molar-refractivity contribution >= 4 is 24.0 Å². The van der Waals surface area contributed by atoms with Crippen LogP contribution in [0.2, 0.25) is 0 Å². The molecule has 0 bridgehead atoms. The maximum atomic E-state index is 14.1. The van der Waals surface area contributed by atoms with Crippen molar-refractivity contribution in [3.8, 4) is 5.75 Å². The van der Waals surface area contributed by atoms with Gasteiger partial charge >= 0.3 is 0 Å². The molecule has 0 saturated heterocycles.